The average Bonchev–Trinajstić information content (AvgIpc) is 2.26. The molecule has 3 nitrogen and oxygen atoms in total. The topological polar surface area (TPSA) is 43.1 Å². The summed E-state index contributed by atoms with van der Waals surface area (Å²) < 4.78 is 0. The van der Waals surface area contributed by atoms with Crippen LogP contribution in [0, 0.1) is 10.1 Å². The van der Waals surface area contributed by atoms with Crippen LogP contribution in [0.5, 0.6) is 0 Å². The van der Waals surface area contributed by atoms with Crippen LogP contribution < -0.4 is 0 Å². The Kier molecular flexibility index (Phi) is 4.03. The first-order valence-electron chi connectivity index (χ1n) is 5.11. The normalized spacial score (nSPS) is 11.5. The first-order chi connectivity index (χ1) is 7.17. The molecule has 0 heterocycles. The molecule has 0 aliphatic carbocycles. The molecule has 0 radical (unpaired) electrons. The van der Waals surface area contributed by atoms with E-state index < -0.39 is 0 Å². The van der Waals surface area contributed by atoms with Crippen molar-refractivity contribution in [2.45, 2.75) is 26.7 Å². The highest BCUT2D eigenvalue weighted by atomic mass is 16.6. The van der Waals surface area contributed by atoms with Gasteiger partial charge < -0.3 is 0 Å². The Morgan fingerprint density at radius 2 is 1.93 bits per heavy atom. The minimum atomic E-state index is -0.326. The third-order valence-corrected chi connectivity index (χ3v) is 2.32. The van der Waals surface area contributed by atoms with Crippen molar-refractivity contribution in [1.82, 2.24) is 0 Å². The largest absolute Gasteiger partial charge is 0.259 e. The Balaban J connectivity index is 2.92. The van der Waals surface area contributed by atoms with Crippen molar-refractivity contribution < 1.29 is 4.92 Å². The van der Waals surface area contributed by atoms with E-state index in [2.05, 4.69) is 6.92 Å². The Bertz CT molecular complexity index is 366. The summed E-state index contributed by atoms with van der Waals surface area (Å²) in [6.45, 7) is 3.87. The molecule has 1 rings (SSSR count). The summed E-state index contributed by atoms with van der Waals surface area (Å²) in [5.74, 6) is 0. The number of benzene rings is 1. The zero-order valence-corrected chi connectivity index (χ0v) is 9.06. The van der Waals surface area contributed by atoms with Crippen LogP contribution in [0.2, 0.25) is 0 Å². The molecule has 0 aliphatic heterocycles. The summed E-state index contributed by atoms with van der Waals surface area (Å²) >= 11 is 0. The van der Waals surface area contributed by atoms with E-state index in [1.807, 2.05) is 24.3 Å². The maximum atomic E-state index is 10.6. The van der Waals surface area contributed by atoms with Crippen LogP contribution in [0.4, 0.5) is 0 Å². The Labute approximate surface area is 89.6 Å². The van der Waals surface area contributed by atoms with Gasteiger partial charge in [0.2, 0.25) is 5.70 Å². The standard InChI is InChI=1S/C12H15NO2/c1-3-10-5-7-11(8-6-10)9-12(4-2)13(14)15/h5-9H,3-4H2,1-2H3. The second-order valence-electron chi connectivity index (χ2n) is 3.34. The molecule has 1 aromatic carbocycles. The number of nitrogens with zero attached hydrogens (tertiary/aromatic N) is 1. The van der Waals surface area contributed by atoms with Gasteiger partial charge >= 0.3 is 0 Å². The lowest BCUT2D eigenvalue weighted by Gasteiger charge is -1.98. The lowest BCUT2D eigenvalue weighted by molar-refractivity contribution is -0.425. The third-order valence-electron chi connectivity index (χ3n) is 2.32. The molecule has 0 unspecified atom stereocenters. The van der Waals surface area contributed by atoms with Crippen molar-refractivity contribution in [3.05, 3.63) is 51.2 Å². The fraction of sp³-hybridized carbons (Fsp3) is 0.333. The third kappa shape index (κ3) is 3.20. The van der Waals surface area contributed by atoms with Crippen LogP contribution >= 0.6 is 0 Å². The summed E-state index contributed by atoms with van der Waals surface area (Å²) in [6.07, 6.45) is 3.06. The van der Waals surface area contributed by atoms with E-state index in [9.17, 15) is 10.1 Å². The molecule has 15 heavy (non-hydrogen) atoms. The zero-order chi connectivity index (χ0) is 11.3. The van der Waals surface area contributed by atoms with Gasteiger partial charge in [-0.05, 0) is 17.5 Å². The lowest BCUT2D eigenvalue weighted by atomic mass is 10.1. The van der Waals surface area contributed by atoms with Crippen LogP contribution in [0.1, 0.15) is 31.4 Å². The fourth-order valence-electron chi connectivity index (χ4n) is 1.33. The maximum absolute atomic E-state index is 10.6. The number of allylic oxidation sites excluding steroid dienone is 1. The van der Waals surface area contributed by atoms with E-state index in [0.717, 1.165) is 12.0 Å². The van der Waals surface area contributed by atoms with Crippen LogP contribution in [0.3, 0.4) is 0 Å². The van der Waals surface area contributed by atoms with Gasteiger partial charge in [0, 0.05) is 12.5 Å². The molecule has 0 fully saturated rings. The number of hydrogen-bond acceptors (Lipinski definition) is 2. The first-order valence-corrected chi connectivity index (χ1v) is 5.11. The number of aryl methyl sites for hydroxylation is 1. The second-order valence-corrected chi connectivity index (χ2v) is 3.34. The van der Waals surface area contributed by atoms with Gasteiger partial charge in [0.25, 0.3) is 0 Å². The summed E-state index contributed by atoms with van der Waals surface area (Å²) in [7, 11) is 0. The lowest BCUT2D eigenvalue weighted by Crippen LogP contribution is -1.96. The van der Waals surface area contributed by atoms with Crippen molar-refractivity contribution in [2.24, 2.45) is 0 Å². The Morgan fingerprint density at radius 1 is 1.33 bits per heavy atom. The van der Waals surface area contributed by atoms with Crippen molar-refractivity contribution in [3.8, 4) is 0 Å². The smallest absolute Gasteiger partial charge is 0.246 e. The molecule has 0 amide bonds. The zero-order valence-electron chi connectivity index (χ0n) is 9.06. The van der Waals surface area contributed by atoms with Gasteiger partial charge in [-0.3, -0.25) is 10.1 Å². The van der Waals surface area contributed by atoms with E-state index in [0.29, 0.717) is 6.42 Å². The van der Waals surface area contributed by atoms with Crippen molar-refractivity contribution in [3.63, 3.8) is 0 Å². The van der Waals surface area contributed by atoms with Crippen LogP contribution in [0.15, 0.2) is 30.0 Å². The Hall–Kier alpha value is -1.64. The second kappa shape index (κ2) is 5.29. The molecule has 0 saturated carbocycles. The van der Waals surface area contributed by atoms with Crippen LogP contribution in [-0.4, -0.2) is 4.92 Å². The van der Waals surface area contributed by atoms with E-state index in [1.165, 1.54) is 5.56 Å². The number of hydrogen-bond donors (Lipinski definition) is 0. The van der Waals surface area contributed by atoms with E-state index >= 15 is 0 Å². The van der Waals surface area contributed by atoms with E-state index in [-0.39, 0.29) is 10.6 Å². The number of nitro groups is 1. The van der Waals surface area contributed by atoms with Gasteiger partial charge in [0.1, 0.15) is 0 Å². The molecule has 0 aliphatic rings. The quantitative estimate of drug-likeness (QED) is 0.559. The fourth-order valence-corrected chi connectivity index (χ4v) is 1.33. The van der Waals surface area contributed by atoms with Crippen LogP contribution in [-0.2, 0) is 6.42 Å². The molecule has 3 heteroatoms. The monoisotopic (exact) mass is 205 g/mol. The molecular weight excluding hydrogens is 190 g/mol. The molecule has 0 bridgehead atoms. The van der Waals surface area contributed by atoms with E-state index in [1.54, 1.807) is 13.0 Å². The van der Waals surface area contributed by atoms with Crippen molar-refractivity contribution >= 4 is 6.08 Å². The van der Waals surface area contributed by atoms with Crippen LogP contribution in [0.25, 0.3) is 6.08 Å². The van der Waals surface area contributed by atoms with Gasteiger partial charge in [-0.1, -0.05) is 38.1 Å². The summed E-state index contributed by atoms with van der Waals surface area (Å²) in [4.78, 5) is 10.3. The minimum absolute atomic E-state index is 0.249. The SMILES string of the molecule is CCC(=Cc1ccc(CC)cc1)[N+](=O)[O-]. The molecule has 0 spiro atoms. The molecule has 0 aromatic heterocycles. The predicted molar refractivity (Wildman–Crippen MR) is 61.1 cm³/mol. The van der Waals surface area contributed by atoms with Gasteiger partial charge in [0.05, 0.1) is 4.92 Å². The molecule has 0 N–H and O–H groups in total. The molecular formula is C12H15NO2. The average molecular weight is 205 g/mol. The predicted octanol–water partition coefficient (Wildman–Crippen LogP) is 3.28. The van der Waals surface area contributed by atoms with Gasteiger partial charge in [0.15, 0.2) is 0 Å². The molecule has 0 saturated heterocycles. The summed E-state index contributed by atoms with van der Waals surface area (Å²) in [6, 6.07) is 7.83. The summed E-state index contributed by atoms with van der Waals surface area (Å²) in [5.41, 5.74) is 2.38. The maximum Gasteiger partial charge on any atom is 0.246 e. The van der Waals surface area contributed by atoms with Gasteiger partial charge in [-0.25, -0.2) is 0 Å². The van der Waals surface area contributed by atoms with Crippen molar-refractivity contribution in [1.29, 1.82) is 0 Å². The highest BCUT2D eigenvalue weighted by Crippen LogP contribution is 2.11. The van der Waals surface area contributed by atoms with E-state index in [4.69, 9.17) is 0 Å². The highest BCUT2D eigenvalue weighted by Gasteiger charge is 2.06. The first kappa shape index (κ1) is 11.4. The molecule has 0 atom stereocenters. The Morgan fingerprint density at radius 3 is 2.33 bits per heavy atom. The van der Waals surface area contributed by atoms with Crippen molar-refractivity contribution in [2.75, 3.05) is 0 Å². The van der Waals surface area contributed by atoms with Gasteiger partial charge in [-0.15, -0.1) is 0 Å². The van der Waals surface area contributed by atoms with Gasteiger partial charge in [-0.2, -0.15) is 0 Å². The molecule has 1 aromatic rings. The molecule has 80 valence electrons. The minimum Gasteiger partial charge on any atom is -0.259 e. The summed E-state index contributed by atoms with van der Waals surface area (Å²) in [5, 5.41) is 10.6. The highest BCUT2D eigenvalue weighted by molar-refractivity contribution is 5.51. The number of rotatable bonds is 4.